The van der Waals surface area contributed by atoms with Crippen molar-refractivity contribution in [2.75, 3.05) is 20.1 Å². The van der Waals surface area contributed by atoms with Crippen molar-refractivity contribution in [3.63, 3.8) is 0 Å². The predicted molar refractivity (Wildman–Crippen MR) is 113 cm³/mol. The molecule has 1 aromatic carbocycles. The summed E-state index contributed by atoms with van der Waals surface area (Å²) in [7, 11) is -1.86. The second-order valence-corrected chi connectivity index (χ2v) is 11.2. The molecule has 2 heterocycles. The van der Waals surface area contributed by atoms with Crippen molar-refractivity contribution < 1.29 is 13.2 Å². The minimum absolute atomic E-state index is 0.0849. The first kappa shape index (κ1) is 21.6. The fourth-order valence-corrected chi connectivity index (χ4v) is 6.70. The lowest BCUT2D eigenvalue weighted by atomic mass is 9.98. The van der Waals surface area contributed by atoms with Crippen LogP contribution >= 0.6 is 34.5 Å². The van der Waals surface area contributed by atoms with Gasteiger partial charge < -0.3 is 4.90 Å². The highest BCUT2D eigenvalue weighted by Crippen LogP contribution is 2.30. The highest BCUT2D eigenvalue weighted by atomic mass is 35.5. The molecule has 0 radical (unpaired) electrons. The van der Waals surface area contributed by atoms with Gasteiger partial charge >= 0.3 is 0 Å². The van der Waals surface area contributed by atoms with E-state index in [1.54, 1.807) is 36.2 Å². The summed E-state index contributed by atoms with van der Waals surface area (Å²) >= 11 is 13.5. The molecular formula is C19H22Cl2N2O3S2. The van der Waals surface area contributed by atoms with Crippen molar-refractivity contribution in [1.29, 1.82) is 0 Å². The number of nitrogens with zero attached hydrogens (tertiary/aromatic N) is 2. The topological polar surface area (TPSA) is 57.7 Å². The quantitative estimate of drug-likeness (QED) is 0.662. The van der Waals surface area contributed by atoms with Crippen LogP contribution < -0.4 is 0 Å². The molecule has 28 heavy (non-hydrogen) atoms. The van der Waals surface area contributed by atoms with Crippen LogP contribution in [0, 0.1) is 12.8 Å². The number of carbonyl (C=O) groups excluding carboxylic acids is 1. The maximum absolute atomic E-state index is 12.9. The van der Waals surface area contributed by atoms with E-state index in [2.05, 4.69) is 0 Å². The number of hydrogen-bond acceptors (Lipinski definition) is 4. The zero-order valence-electron chi connectivity index (χ0n) is 15.7. The van der Waals surface area contributed by atoms with E-state index in [0.717, 1.165) is 10.4 Å². The molecule has 0 aliphatic carbocycles. The van der Waals surface area contributed by atoms with Crippen molar-refractivity contribution in [3.8, 4) is 0 Å². The zero-order valence-corrected chi connectivity index (χ0v) is 18.8. The van der Waals surface area contributed by atoms with E-state index in [9.17, 15) is 13.2 Å². The lowest BCUT2D eigenvalue weighted by molar-refractivity contribution is -0.135. The summed E-state index contributed by atoms with van der Waals surface area (Å²) in [4.78, 5) is 15.5. The van der Waals surface area contributed by atoms with Crippen LogP contribution in [0.3, 0.4) is 0 Å². The molecule has 1 atom stereocenters. The van der Waals surface area contributed by atoms with Crippen LogP contribution in [-0.4, -0.2) is 43.7 Å². The standard InChI is InChI=1S/C19H22Cl2N2O3S2/c1-13-8-9-17(27-13)28(25,26)23-10-4-6-15(12-23)19(24)22(2)11-14-5-3-7-16(20)18(14)21/h3,5,7-9,15H,4,6,10-12H2,1-2H3. The fourth-order valence-electron chi connectivity index (χ4n) is 3.36. The number of thiophene rings is 1. The van der Waals surface area contributed by atoms with E-state index >= 15 is 0 Å². The van der Waals surface area contributed by atoms with Gasteiger partial charge in [-0.2, -0.15) is 4.31 Å². The first-order valence-corrected chi connectivity index (χ1v) is 12.0. The summed E-state index contributed by atoms with van der Waals surface area (Å²) in [5.41, 5.74) is 0.763. The van der Waals surface area contributed by atoms with Gasteiger partial charge in [-0.05, 0) is 43.5 Å². The summed E-state index contributed by atoms with van der Waals surface area (Å²) in [6, 6.07) is 8.75. The maximum Gasteiger partial charge on any atom is 0.252 e. The average molecular weight is 461 g/mol. The average Bonchev–Trinajstić information content (AvgIpc) is 3.12. The summed E-state index contributed by atoms with van der Waals surface area (Å²) < 4.78 is 27.5. The van der Waals surface area contributed by atoms with Gasteiger partial charge in [0.15, 0.2) is 0 Å². The highest BCUT2D eigenvalue weighted by molar-refractivity contribution is 7.91. The minimum Gasteiger partial charge on any atom is -0.341 e. The van der Waals surface area contributed by atoms with Crippen molar-refractivity contribution in [2.45, 2.75) is 30.5 Å². The Morgan fingerprint density at radius 3 is 2.71 bits per heavy atom. The van der Waals surface area contributed by atoms with Crippen molar-refractivity contribution in [1.82, 2.24) is 9.21 Å². The Labute approximate surface area is 179 Å². The molecule has 1 fully saturated rings. The van der Waals surface area contributed by atoms with E-state index in [1.807, 2.05) is 13.0 Å². The van der Waals surface area contributed by atoms with Crippen LogP contribution in [0.1, 0.15) is 23.3 Å². The van der Waals surface area contributed by atoms with Gasteiger partial charge in [0.25, 0.3) is 10.0 Å². The number of sulfonamides is 1. The molecule has 1 aliphatic heterocycles. The summed E-state index contributed by atoms with van der Waals surface area (Å²) in [5.74, 6) is -0.453. The molecule has 0 bridgehead atoms. The van der Waals surface area contributed by atoms with Crippen LogP contribution in [0.15, 0.2) is 34.5 Å². The largest absolute Gasteiger partial charge is 0.341 e. The van der Waals surface area contributed by atoms with Crippen molar-refractivity contribution >= 4 is 50.5 Å². The Bertz CT molecular complexity index is 975. The van der Waals surface area contributed by atoms with E-state index in [4.69, 9.17) is 23.2 Å². The molecule has 0 saturated carbocycles. The van der Waals surface area contributed by atoms with Crippen LogP contribution in [0.4, 0.5) is 0 Å². The summed E-state index contributed by atoms with van der Waals surface area (Å²) in [5, 5.41) is 0.880. The number of hydrogen-bond donors (Lipinski definition) is 0. The molecule has 0 spiro atoms. The van der Waals surface area contributed by atoms with Crippen LogP contribution in [0.2, 0.25) is 10.0 Å². The highest BCUT2D eigenvalue weighted by Gasteiger charge is 2.35. The summed E-state index contributed by atoms with van der Waals surface area (Å²) in [6.45, 7) is 2.84. The van der Waals surface area contributed by atoms with E-state index in [1.165, 1.54) is 15.6 Å². The Morgan fingerprint density at radius 1 is 1.29 bits per heavy atom. The molecule has 1 amide bonds. The SMILES string of the molecule is Cc1ccc(S(=O)(=O)N2CCCC(C(=O)N(C)Cc3cccc(Cl)c3Cl)C2)s1. The van der Waals surface area contributed by atoms with Gasteiger partial charge in [-0.25, -0.2) is 8.42 Å². The van der Waals surface area contributed by atoms with Gasteiger partial charge in [0, 0.05) is 31.6 Å². The number of amides is 1. The van der Waals surface area contributed by atoms with E-state index in [0.29, 0.717) is 40.2 Å². The van der Waals surface area contributed by atoms with Crippen molar-refractivity contribution in [3.05, 3.63) is 50.8 Å². The Balaban J connectivity index is 1.71. The molecule has 152 valence electrons. The third kappa shape index (κ3) is 4.54. The lowest BCUT2D eigenvalue weighted by Gasteiger charge is -2.33. The Morgan fingerprint density at radius 2 is 2.04 bits per heavy atom. The lowest BCUT2D eigenvalue weighted by Crippen LogP contribution is -2.45. The molecule has 1 aromatic heterocycles. The van der Waals surface area contributed by atoms with Gasteiger partial charge in [-0.1, -0.05) is 35.3 Å². The fraction of sp³-hybridized carbons (Fsp3) is 0.421. The Kier molecular flexibility index (Phi) is 6.72. The second kappa shape index (κ2) is 8.71. The van der Waals surface area contributed by atoms with Gasteiger partial charge in [0.1, 0.15) is 4.21 Å². The van der Waals surface area contributed by atoms with Gasteiger partial charge in [0.2, 0.25) is 5.91 Å². The number of rotatable bonds is 5. The minimum atomic E-state index is -3.56. The zero-order chi connectivity index (χ0) is 20.5. The molecule has 1 aliphatic rings. The first-order chi connectivity index (χ1) is 13.2. The van der Waals surface area contributed by atoms with Gasteiger partial charge in [-0.3, -0.25) is 4.79 Å². The third-order valence-corrected chi connectivity index (χ3v) is 9.05. The number of piperidine rings is 1. The van der Waals surface area contributed by atoms with E-state index in [-0.39, 0.29) is 18.4 Å². The van der Waals surface area contributed by atoms with E-state index < -0.39 is 10.0 Å². The molecule has 1 saturated heterocycles. The number of benzene rings is 1. The summed E-state index contributed by atoms with van der Waals surface area (Å²) in [6.07, 6.45) is 1.33. The maximum atomic E-state index is 12.9. The van der Waals surface area contributed by atoms with Crippen LogP contribution in [0.25, 0.3) is 0 Å². The monoisotopic (exact) mass is 460 g/mol. The molecule has 1 unspecified atom stereocenters. The molecule has 9 heteroatoms. The predicted octanol–water partition coefficient (Wildman–Crippen LogP) is 4.42. The first-order valence-electron chi connectivity index (χ1n) is 8.94. The number of halogens is 2. The molecule has 3 rings (SSSR count). The molecular weight excluding hydrogens is 439 g/mol. The number of carbonyl (C=O) groups is 1. The third-order valence-electron chi connectivity index (χ3n) is 4.86. The molecule has 5 nitrogen and oxygen atoms in total. The second-order valence-electron chi connectivity index (χ2n) is 6.97. The normalized spacial score (nSPS) is 18.2. The van der Waals surface area contributed by atoms with Crippen LogP contribution in [-0.2, 0) is 21.4 Å². The molecule has 2 aromatic rings. The van der Waals surface area contributed by atoms with Crippen molar-refractivity contribution in [2.24, 2.45) is 5.92 Å². The van der Waals surface area contributed by atoms with Gasteiger partial charge in [0.05, 0.1) is 16.0 Å². The Hall–Kier alpha value is -1.12. The number of aryl methyl sites for hydroxylation is 1. The van der Waals surface area contributed by atoms with Crippen LogP contribution in [0.5, 0.6) is 0 Å². The molecule has 0 N–H and O–H groups in total. The van der Waals surface area contributed by atoms with Gasteiger partial charge in [-0.15, -0.1) is 11.3 Å². The smallest absolute Gasteiger partial charge is 0.252 e.